The van der Waals surface area contributed by atoms with Gasteiger partial charge >= 0.3 is 0 Å². The van der Waals surface area contributed by atoms with Gasteiger partial charge in [0, 0.05) is 12.6 Å². The van der Waals surface area contributed by atoms with Crippen molar-refractivity contribution >= 4 is 16.6 Å². The normalized spacial score (nSPS) is 10.9. The van der Waals surface area contributed by atoms with E-state index in [1.165, 1.54) is 0 Å². The Morgan fingerprint density at radius 1 is 1.20 bits per heavy atom. The summed E-state index contributed by atoms with van der Waals surface area (Å²) < 4.78 is 2.04. The molecule has 3 heteroatoms. The molecule has 1 heterocycles. The van der Waals surface area contributed by atoms with Crippen molar-refractivity contribution in [2.75, 3.05) is 0 Å². The minimum absolute atomic E-state index is 0.0314. The highest BCUT2D eigenvalue weighted by Crippen LogP contribution is 2.25. The zero-order chi connectivity index (χ0) is 14.1. The van der Waals surface area contributed by atoms with E-state index in [9.17, 15) is 5.11 Å². The Kier molecular flexibility index (Phi) is 3.12. The summed E-state index contributed by atoms with van der Waals surface area (Å²) in [5.41, 5.74) is 4.77. The van der Waals surface area contributed by atoms with Crippen molar-refractivity contribution in [3.63, 3.8) is 0 Å². The van der Waals surface area contributed by atoms with Crippen molar-refractivity contribution < 1.29 is 5.11 Å². The molecule has 1 N–H and O–H groups in total. The first-order valence-electron chi connectivity index (χ1n) is 6.51. The van der Waals surface area contributed by atoms with E-state index in [1.807, 2.05) is 60.1 Å². The average Bonchev–Trinajstić information content (AvgIpc) is 2.84. The number of hydrogen-bond acceptors (Lipinski definition) is 2. The van der Waals surface area contributed by atoms with Gasteiger partial charge in [0.1, 0.15) is 5.82 Å². The van der Waals surface area contributed by atoms with Crippen LogP contribution >= 0.6 is 0 Å². The molecule has 0 saturated heterocycles. The van der Waals surface area contributed by atoms with Crippen LogP contribution in [0, 0.1) is 0 Å². The van der Waals surface area contributed by atoms with Gasteiger partial charge in [0.2, 0.25) is 0 Å². The highest BCUT2D eigenvalue weighted by molar-refractivity contribution is 5.83. The Balaban J connectivity index is 2.10. The van der Waals surface area contributed by atoms with Gasteiger partial charge in [0.15, 0.2) is 0 Å². The number of aliphatic hydroxyl groups excluding tert-OH is 1. The SMILES string of the molecule is C=C(c1cccc(CO)c1)c1nc2ccccc2n1C. The molecule has 0 atom stereocenters. The molecule has 0 saturated carbocycles. The summed E-state index contributed by atoms with van der Waals surface area (Å²) in [4.78, 5) is 4.64. The monoisotopic (exact) mass is 264 g/mol. The van der Waals surface area contributed by atoms with Gasteiger partial charge in [0.05, 0.1) is 17.6 Å². The summed E-state index contributed by atoms with van der Waals surface area (Å²) in [7, 11) is 1.99. The third-order valence-electron chi connectivity index (χ3n) is 3.52. The van der Waals surface area contributed by atoms with Crippen LogP contribution in [0.2, 0.25) is 0 Å². The first kappa shape index (κ1) is 12.6. The van der Waals surface area contributed by atoms with Crippen molar-refractivity contribution in [2.45, 2.75) is 6.61 Å². The van der Waals surface area contributed by atoms with E-state index >= 15 is 0 Å². The molecule has 0 aliphatic rings. The molecule has 3 aromatic rings. The predicted molar refractivity (Wildman–Crippen MR) is 81.2 cm³/mol. The number of hydrogen-bond donors (Lipinski definition) is 1. The van der Waals surface area contributed by atoms with E-state index < -0.39 is 0 Å². The van der Waals surface area contributed by atoms with Gasteiger partial charge in [-0.2, -0.15) is 0 Å². The number of benzene rings is 2. The van der Waals surface area contributed by atoms with E-state index in [1.54, 1.807) is 0 Å². The number of aliphatic hydroxyl groups is 1. The number of aryl methyl sites for hydroxylation is 1. The predicted octanol–water partition coefficient (Wildman–Crippen LogP) is 3.13. The molecule has 0 unspecified atom stereocenters. The lowest BCUT2D eigenvalue weighted by Crippen LogP contribution is -1.98. The van der Waals surface area contributed by atoms with Crippen LogP contribution in [-0.2, 0) is 13.7 Å². The van der Waals surface area contributed by atoms with Crippen LogP contribution in [0.15, 0.2) is 55.1 Å². The van der Waals surface area contributed by atoms with Crippen molar-refractivity contribution in [1.82, 2.24) is 9.55 Å². The van der Waals surface area contributed by atoms with E-state index in [2.05, 4.69) is 11.6 Å². The molecule has 0 spiro atoms. The van der Waals surface area contributed by atoms with Gasteiger partial charge < -0.3 is 9.67 Å². The maximum absolute atomic E-state index is 9.23. The molecule has 20 heavy (non-hydrogen) atoms. The molecular weight excluding hydrogens is 248 g/mol. The first-order chi connectivity index (χ1) is 9.70. The smallest absolute Gasteiger partial charge is 0.140 e. The molecule has 100 valence electrons. The third-order valence-corrected chi connectivity index (χ3v) is 3.52. The molecular formula is C17H16N2O. The van der Waals surface area contributed by atoms with Crippen LogP contribution in [0.25, 0.3) is 16.6 Å². The second kappa shape index (κ2) is 4.94. The average molecular weight is 264 g/mol. The molecule has 0 amide bonds. The van der Waals surface area contributed by atoms with Crippen molar-refractivity contribution in [2.24, 2.45) is 7.05 Å². The fraction of sp³-hybridized carbons (Fsp3) is 0.118. The van der Waals surface area contributed by atoms with E-state index in [4.69, 9.17) is 0 Å². The summed E-state index contributed by atoms with van der Waals surface area (Å²) in [6.07, 6.45) is 0. The van der Waals surface area contributed by atoms with E-state index in [-0.39, 0.29) is 6.61 Å². The quantitative estimate of drug-likeness (QED) is 0.789. The summed E-state index contributed by atoms with van der Waals surface area (Å²) in [6, 6.07) is 15.8. The maximum Gasteiger partial charge on any atom is 0.140 e. The lowest BCUT2D eigenvalue weighted by molar-refractivity contribution is 0.282. The van der Waals surface area contributed by atoms with Crippen LogP contribution in [0.3, 0.4) is 0 Å². The molecule has 3 nitrogen and oxygen atoms in total. The number of para-hydroxylation sites is 2. The number of aromatic nitrogens is 2. The third kappa shape index (κ3) is 2.02. The van der Waals surface area contributed by atoms with Crippen LogP contribution in [0.5, 0.6) is 0 Å². The molecule has 0 fully saturated rings. The van der Waals surface area contributed by atoms with Gasteiger partial charge in [0.25, 0.3) is 0 Å². The van der Waals surface area contributed by atoms with E-state index in [0.717, 1.165) is 33.6 Å². The fourth-order valence-electron chi connectivity index (χ4n) is 2.40. The van der Waals surface area contributed by atoms with E-state index in [0.29, 0.717) is 0 Å². The van der Waals surface area contributed by atoms with Crippen molar-refractivity contribution in [3.8, 4) is 0 Å². The fourth-order valence-corrected chi connectivity index (χ4v) is 2.40. The standard InChI is InChI=1S/C17H16N2O/c1-12(14-7-5-6-13(10-14)11-20)17-18-15-8-3-4-9-16(15)19(17)2/h3-10,20H,1,11H2,2H3. The van der Waals surface area contributed by atoms with Crippen LogP contribution in [0.1, 0.15) is 17.0 Å². The molecule has 0 radical (unpaired) electrons. The van der Waals surface area contributed by atoms with Gasteiger partial charge in [-0.05, 0) is 29.3 Å². The van der Waals surface area contributed by atoms with Crippen LogP contribution < -0.4 is 0 Å². The molecule has 3 rings (SSSR count). The van der Waals surface area contributed by atoms with Crippen molar-refractivity contribution in [1.29, 1.82) is 0 Å². The Morgan fingerprint density at radius 2 is 2.00 bits per heavy atom. The topological polar surface area (TPSA) is 38.1 Å². The summed E-state index contributed by atoms with van der Waals surface area (Å²) in [5.74, 6) is 0.848. The van der Waals surface area contributed by atoms with Gasteiger partial charge in [-0.3, -0.25) is 0 Å². The Hall–Kier alpha value is -2.39. The van der Waals surface area contributed by atoms with Gasteiger partial charge in [-0.25, -0.2) is 4.98 Å². The summed E-state index contributed by atoms with van der Waals surface area (Å²) >= 11 is 0. The summed E-state index contributed by atoms with van der Waals surface area (Å²) in [6.45, 7) is 4.19. The zero-order valence-corrected chi connectivity index (χ0v) is 11.4. The largest absolute Gasteiger partial charge is 0.392 e. The Morgan fingerprint density at radius 3 is 2.75 bits per heavy atom. The molecule has 0 aliphatic carbocycles. The van der Waals surface area contributed by atoms with Crippen LogP contribution in [0.4, 0.5) is 0 Å². The lowest BCUT2D eigenvalue weighted by atomic mass is 10.0. The minimum atomic E-state index is 0.0314. The van der Waals surface area contributed by atoms with Gasteiger partial charge in [-0.15, -0.1) is 0 Å². The summed E-state index contributed by atoms with van der Waals surface area (Å²) in [5, 5.41) is 9.23. The molecule has 1 aromatic heterocycles. The molecule has 0 bridgehead atoms. The number of nitrogens with zero attached hydrogens (tertiary/aromatic N) is 2. The Bertz CT molecular complexity index is 787. The highest BCUT2D eigenvalue weighted by Gasteiger charge is 2.12. The lowest BCUT2D eigenvalue weighted by Gasteiger charge is -2.07. The zero-order valence-electron chi connectivity index (χ0n) is 11.4. The highest BCUT2D eigenvalue weighted by atomic mass is 16.3. The molecule has 0 aliphatic heterocycles. The first-order valence-corrected chi connectivity index (χ1v) is 6.51. The number of rotatable bonds is 3. The van der Waals surface area contributed by atoms with Crippen molar-refractivity contribution in [3.05, 3.63) is 72.1 Å². The minimum Gasteiger partial charge on any atom is -0.392 e. The number of fused-ring (bicyclic) bond motifs is 1. The van der Waals surface area contributed by atoms with Gasteiger partial charge in [-0.1, -0.05) is 36.9 Å². The molecule has 2 aromatic carbocycles. The maximum atomic E-state index is 9.23. The second-order valence-electron chi connectivity index (χ2n) is 4.82. The van der Waals surface area contributed by atoms with Crippen LogP contribution in [-0.4, -0.2) is 14.7 Å². The Labute approximate surface area is 117 Å². The second-order valence-corrected chi connectivity index (χ2v) is 4.82. The number of imidazole rings is 1.